The molecule has 30 nitrogen and oxygen atoms in total. The fraction of sp³-hybridized carbons (Fsp3) is 0.474. The summed E-state index contributed by atoms with van der Waals surface area (Å²) in [4.78, 5) is 147. The molecule has 1 aromatic carbocycles. The molecule has 3 aliphatic heterocycles. The lowest BCUT2D eigenvalue weighted by atomic mass is 10.0. The Labute approximate surface area is 501 Å². The molecule has 0 fully saturated rings. The van der Waals surface area contributed by atoms with Crippen LogP contribution in [0, 0.1) is 0 Å². The number of hydrogen-bond acceptors (Lipinski definition) is 21. The van der Waals surface area contributed by atoms with Crippen LogP contribution in [0.1, 0.15) is 65.2 Å². The summed E-state index contributed by atoms with van der Waals surface area (Å²) >= 11 is 0. The minimum Gasteiger partial charge on any atom is -0.480 e. The number of carboxylic acid groups (broad SMARTS) is 6. The minimum absolute atomic E-state index is 0.0334. The summed E-state index contributed by atoms with van der Waals surface area (Å²) in [6, 6.07) is 13.0. The molecule has 0 radical (unpaired) electrons. The van der Waals surface area contributed by atoms with Crippen LogP contribution in [0.15, 0.2) is 54.6 Å². The Balaban J connectivity index is 1.29. The normalized spacial score (nSPS) is 17.6. The number of anilines is 3. The second-order valence-corrected chi connectivity index (χ2v) is 22.2. The van der Waals surface area contributed by atoms with E-state index in [1.165, 1.54) is 18.2 Å². The van der Waals surface area contributed by atoms with Gasteiger partial charge in [-0.3, -0.25) is 87.5 Å². The van der Waals surface area contributed by atoms with Gasteiger partial charge in [-0.1, -0.05) is 0 Å². The van der Waals surface area contributed by atoms with E-state index >= 15 is 0 Å². The molecule has 0 saturated carbocycles. The van der Waals surface area contributed by atoms with Crippen molar-refractivity contribution in [1.29, 1.82) is 0 Å². The fourth-order valence-corrected chi connectivity index (χ4v) is 10.3. The number of carboxylic acids is 6. The van der Waals surface area contributed by atoms with Crippen molar-refractivity contribution in [3.8, 4) is 0 Å². The predicted octanol–water partition coefficient (Wildman–Crippen LogP) is -0.216. The van der Waals surface area contributed by atoms with Crippen LogP contribution in [-0.4, -0.2) is 282 Å². The SMILES string of the molecule is CN1CCN(CC(=O)O)Cc2cc(NC(=O)c3cc(C(=O)Nc4cc5nc(c4)CN(CC(=O)O)CCN(C)CCN(CC(=O)O)C5)cc(C(=O)Nc4cc5nc(c4)CN(CC(=O)O)CCN(C)CCN(CC(=O)O)C5)c3)cc(n2)CN(CC(=O)O)CC1. The maximum absolute atomic E-state index is 14.8. The maximum atomic E-state index is 14.8. The van der Waals surface area contributed by atoms with Gasteiger partial charge in [0.2, 0.25) is 0 Å². The molecule has 87 heavy (non-hydrogen) atoms. The van der Waals surface area contributed by atoms with Crippen molar-refractivity contribution in [3.63, 3.8) is 0 Å². The third kappa shape index (κ3) is 22.1. The van der Waals surface area contributed by atoms with Crippen molar-refractivity contribution in [2.45, 2.75) is 39.3 Å². The van der Waals surface area contributed by atoms with Gasteiger partial charge in [0.1, 0.15) is 0 Å². The van der Waals surface area contributed by atoms with Crippen molar-refractivity contribution in [3.05, 3.63) is 105 Å². The average Bonchev–Trinajstić information content (AvgIpc) is 1.75. The Kier molecular flexibility index (Phi) is 23.7. The van der Waals surface area contributed by atoms with Crippen LogP contribution in [0.3, 0.4) is 0 Å². The summed E-state index contributed by atoms with van der Waals surface area (Å²) in [6.45, 7) is 2.82. The molecule has 7 rings (SSSR count). The fourth-order valence-electron chi connectivity index (χ4n) is 10.3. The minimum atomic E-state index is -1.08. The number of carbonyl (C=O) groups excluding carboxylic acids is 3. The molecular formula is C57H75N15O15. The van der Waals surface area contributed by atoms with Crippen LogP contribution < -0.4 is 16.0 Å². The summed E-state index contributed by atoms with van der Waals surface area (Å²) in [6.07, 6.45) is 0. The Morgan fingerprint density at radius 1 is 0.310 bits per heavy atom. The van der Waals surface area contributed by atoms with E-state index in [9.17, 15) is 73.8 Å². The number of likely N-dealkylation sites (N-methyl/N-ethyl adjacent to an activating group) is 3. The average molecular weight is 1210 g/mol. The van der Waals surface area contributed by atoms with E-state index in [1.54, 1.807) is 65.8 Å². The summed E-state index contributed by atoms with van der Waals surface area (Å²) in [5.74, 6) is -8.90. The number of hydrogen-bond donors (Lipinski definition) is 9. The van der Waals surface area contributed by atoms with E-state index in [4.69, 9.17) is 15.0 Å². The summed E-state index contributed by atoms with van der Waals surface area (Å²) in [7, 11) is 5.55. The first-order valence-corrected chi connectivity index (χ1v) is 28.1. The highest BCUT2D eigenvalue weighted by Crippen LogP contribution is 2.24. The van der Waals surface area contributed by atoms with Crippen molar-refractivity contribution < 1.29 is 73.8 Å². The lowest BCUT2D eigenvalue weighted by Gasteiger charge is -2.28. The third-order valence-electron chi connectivity index (χ3n) is 14.5. The van der Waals surface area contributed by atoms with E-state index in [-0.39, 0.29) is 112 Å². The lowest BCUT2D eigenvalue weighted by Crippen LogP contribution is -2.41. The molecule has 6 heterocycles. The molecule has 3 aliphatic rings. The van der Waals surface area contributed by atoms with Gasteiger partial charge in [0.15, 0.2) is 0 Å². The standard InChI is InChI=1S/C57H75N15O15/c1-64-4-10-67(31-49(73)74)25-43-19-40(20-44(58-43)26-68(11-5-64)32-50(75)76)61-55(85)37-16-38(56(86)62-41-21-45-27-69(33-51(77)78)12-6-65(2)7-13-70(34-52(79)80)28-46(22-41)59-45)18-39(17-37)57(87)63-42-23-47-29-71(35-53(81)82)14-8-66(3)9-15-72(36-54(83)84)30-48(24-42)60-47/h16-24H,4-15,25-36H2,1-3H3,(H,73,74)(H,75,76)(H,77,78)(H,79,80)(H,81,82)(H,83,84)(H,58,61,85)(H,59,62,86)(H,60,63,87). The molecule has 0 saturated heterocycles. The number of nitrogens with zero attached hydrogens (tertiary/aromatic N) is 12. The molecule has 468 valence electrons. The molecule has 6 bridgehead atoms. The number of aromatic nitrogens is 3. The quantitative estimate of drug-likeness (QED) is 0.0622. The molecule has 0 aliphatic carbocycles. The molecule has 0 atom stereocenters. The summed E-state index contributed by atoms with van der Waals surface area (Å²) < 4.78 is 0. The molecule has 0 unspecified atom stereocenters. The zero-order valence-corrected chi connectivity index (χ0v) is 48.9. The van der Waals surface area contributed by atoms with Crippen molar-refractivity contribution in [1.82, 2.24) is 59.1 Å². The number of fused-ring (bicyclic) bond motifs is 6. The Morgan fingerprint density at radius 3 is 0.644 bits per heavy atom. The summed E-state index contributed by atoms with van der Waals surface area (Å²) in [5, 5.41) is 67.4. The molecule has 9 N–H and O–H groups in total. The highest BCUT2D eigenvalue weighted by Gasteiger charge is 2.25. The van der Waals surface area contributed by atoms with Gasteiger partial charge >= 0.3 is 35.8 Å². The van der Waals surface area contributed by atoms with Gasteiger partial charge in [0, 0.05) is 152 Å². The Hall–Kier alpha value is -8.46. The highest BCUT2D eigenvalue weighted by atomic mass is 16.4. The molecule has 30 heteroatoms. The van der Waals surface area contributed by atoms with Crippen LogP contribution in [-0.2, 0) is 68.0 Å². The number of rotatable bonds is 18. The second kappa shape index (κ2) is 31.3. The number of pyridine rings is 3. The van der Waals surface area contributed by atoms with Crippen molar-refractivity contribution in [2.75, 3.05) is 155 Å². The van der Waals surface area contributed by atoms with Crippen LogP contribution in [0.5, 0.6) is 0 Å². The smallest absolute Gasteiger partial charge is 0.317 e. The van der Waals surface area contributed by atoms with Gasteiger partial charge in [0.05, 0.1) is 73.4 Å². The van der Waals surface area contributed by atoms with Gasteiger partial charge < -0.3 is 61.3 Å². The van der Waals surface area contributed by atoms with E-state index in [1.807, 2.05) is 35.8 Å². The van der Waals surface area contributed by atoms with Crippen molar-refractivity contribution >= 4 is 70.6 Å². The monoisotopic (exact) mass is 1210 g/mol. The van der Waals surface area contributed by atoms with Crippen LogP contribution in [0.2, 0.25) is 0 Å². The van der Waals surface area contributed by atoms with Gasteiger partial charge in [-0.05, 0) is 75.7 Å². The molecular weight excluding hydrogens is 1130 g/mol. The molecule has 3 aromatic heterocycles. The molecule has 0 spiro atoms. The number of amides is 3. The van der Waals surface area contributed by atoms with E-state index in [0.717, 1.165) is 0 Å². The number of aliphatic carboxylic acids is 6. The van der Waals surface area contributed by atoms with Crippen LogP contribution >= 0.6 is 0 Å². The van der Waals surface area contributed by atoms with Crippen LogP contribution in [0.4, 0.5) is 17.1 Å². The second-order valence-electron chi connectivity index (χ2n) is 22.2. The van der Waals surface area contributed by atoms with Gasteiger partial charge in [0.25, 0.3) is 17.7 Å². The van der Waals surface area contributed by atoms with E-state index < -0.39 is 53.5 Å². The number of nitrogens with one attached hydrogen (secondary N) is 3. The van der Waals surface area contributed by atoms with Gasteiger partial charge in [-0.25, -0.2) is 0 Å². The maximum Gasteiger partial charge on any atom is 0.317 e. The first kappa shape index (κ1) is 66.1. The van der Waals surface area contributed by atoms with E-state index in [0.29, 0.717) is 113 Å². The van der Waals surface area contributed by atoms with Gasteiger partial charge in [-0.2, -0.15) is 0 Å². The zero-order chi connectivity index (χ0) is 62.9. The largest absolute Gasteiger partial charge is 0.480 e. The number of carbonyl (C=O) groups is 9. The van der Waals surface area contributed by atoms with Crippen LogP contribution in [0.25, 0.3) is 0 Å². The first-order valence-electron chi connectivity index (χ1n) is 28.1. The highest BCUT2D eigenvalue weighted by molar-refractivity contribution is 6.13. The summed E-state index contributed by atoms with van der Waals surface area (Å²) in [5.41, 5.74) is 2.06. The topological polar surface area (TPSA) is 379 Å². The lowest BCUT2D eigenvalue weighted by molar-refractivity contribution is -0.139. The Morgan fingerprint density at radius 2 is 0.483 bits per heavy atom. The predicted molar refractivity (Wildman–Crippen MR) is 313 cm³/mol. The van der Waals surface area contributed by atoms with E-state index in [2.05, 4.69) is 16.0 Å². The number of benzene rings is 1. The zero-order valence-electron chi connectivity index (χ0n) is 48.9. The van der Waals surface area contributed by atoms with Gasteiger partial charge in [-0.15, -0.1) is 0 Å². The molecule has 3 amide bonds. The third-order valence-corrected chi connectivity index (χ3v) is 14.5. The van der Waals surface area contributed by atoms with Crippen molar-refractivity contribution in [2.24, 2.45) is 0 Å². The first-order chi connectivity index (χ1) is 41.3. The molecule has 4 aromatic rings. The Bertz CT molecular complexity index is 2700.